The summed E-state index contributed by atoms with van der Waals surface area (Å²) in [6.45, 7) is 0.234. The number of hydrogen-bond donors (Lipinski definition) is 1. The van der Waals surface area contributed by atoms with Crippen LogP contribution >= 0.6 is 0 Å². The first-order valence-electron chi connectivity index (χ1n) is 9.04. The van der Waals surface area contributed by atoms with Crippen LogP contribution in [-0.2, 0) is 11.3 Å². The monoisotopic (exact) mass is 334 g/mol. The van der Waals surface area contributed by atoms with Crippen LogP contribution < -0.4 is 10.7 Å². The van der Waals surface area contributed by atoms with Crippen molar-refractivity contribution in [3.8, 4) is 0 Å². The van der Waals surface area contributed by atoms with Crippen LogP contribution in [0.15, 0.2) is 53.3 Å². The maximum Gasteiger partial charge on any atom is 0.240 e. The van der Waals surface area contributed by atoms with Crippen molar-refractivity contribution in [1.82, 2.24) is 9.88 Å². The number of carbonyl (C=O) groups excluding carboxylic acids is 1. The molecule has 1 heterocycles. The van der Waals surface area contributed by atoms with Gasteiger partial charge in [0.2, 0.25) is 5.91 Å². The third-order valence-corrected chi connectivity index (χ3v) is 5.15. The van der Waals surface area contributed by atoms with Gasteiger partial charge in [0.25, 0.3) is 0 Å². The van der Waals surface area contributed by atoms with Crippen LogP contribution in [0.5, 0.6) is 0 Å². The summed E-state index contributed by atoms with van der Waals surface area (Å²) in [5.41, 5.74) is 1.64. The Morgan fingerprint density at radius 2 is 1.48 bits per heavy atom. The predicted octanol–water partition coefficient (Wildman–Crippen LogP) is 3.60. The number of nitrogens with one attached hydrogen (secondary N) is 1. The fourth-order valence-electron chi connectivity index (χ4n) is 3.91. The van der Waals surface area contributed by atoms with E-state index in [1.54, 1.807) is 0 Å². The molecule has 1 N–H and O–H groups in total. The highest BCUT2D eigenvalue weighted by Crippen LogP contribution is 2.20. The number of para-hydroxylation sites is 2. The molecular weight excluding hydrogens is 312 g/mol. The highest BCUT2D eigenvalue weighted by molar-refractivity contribution is 5.94. The van der Waals surface area contributed by atoms with Crippen LogP contribution in [0.2, 0.25) is 0 Å². The molecule has 0 aliphatic heterocycles. The molecule has 3 aromatic rings. The van der Waals surface area contributed by atoms with E-state index in [4.69, 9.17) is 0 Å². The zero-order chi connectivity index (χ0) is 17.2. The molecular formula is C21H22N2O2. The molecule has 0 atom stereocenters. The molecule has 1 aliphatic rings. The smallest absolute Gasteiger partial charge is 0.240 e. The van der Waals surface area contributed by atoms with Crippen LogP contribution in [0.3, 0.4) is 0 Å². The summed E-state index contributed by atoms with van der Waals surface area (Å²) in [5.74, 6) is 0.0193. The molecule has 0 radical (unpaired) electrons. The van der Waals surface area contributed by atoms with E-state index < -0.39 is 0 Å². The Bertz CT molecular complexity index is 924. The third kappa shape index (κ3) is 3.04. The number of hydrogen-bond acceptors (Lipinski definition) is 2. The highest BCUT2D eigenvalue weighted by atomic mass is 16.2. The molecule has 0 unspecified atom stereocenters. The first-order chi connectivity index (χ1) is 12.2. The number of nitrogens with zero attached hydrogens (tertiary/aromatic N) is 1. The van der Waals surface area contributed by atoms with Crippen molar-refractivity contribution < 1.29 is 4.79 Å². The maximum atomic E-state index is 12.7. The summed E-state index contributed by atoms with van der Waals surface area (Å²) >= 11 is 0. The Morgan fingerprint density at radius 3 is 2.08 bits per heavy atom. The molecule has 1 aliphatic carbocycles. The fourth-order valence-corrected chi connectivity index (χ4v) is 3.91. The topological polar surface area (TPSA) is 51.1 Å². The number of carbonyl (C=O) groups is 1. The molecule has 25 heavy (non-hydrogen) atoms. The molecule has 0 spiro atoms. The van der Waals surface area contributed by atoms with Crippen LogP contribution in [0.1, 0.15) is 32.1 Å². The maximum absolute atomic E-state index is 12.7. The Morgan fingerprint density at radius 1 is 0.920 bits per heavy atom. The SMILES string of the molecule is O=C(Cn1c2ccccc2c(=O)c2ccccc21)NC1CCCCC1. The normalized spacial score (nSPS) is 15.5. The standard InChI is InChI=1S/C21H22N2O2/c24-20(22-15-8-2-1-3-9-15)14-23-18-12-6-4-10-16(18)21(25)17-11-5-7-13-19(17)23/h4-7,10-13,15H,1-3,8-9,14H2,(H,22,24). The van der Waals surface area contributed by atoms with Gasteiger partial charge in [-0.3, -0.25) is 9.59 Å². The highest BCUT2D eigenvalue weighted by Gasteiger charge is 2.17. The van der Waals surface area contributed by atoms with Crippen LogP contribution in [-0.4, -0.2) is 16.5 Å². The van der Waals surface area contributed by atoms with E-state index in [9.17, 15) is 9.59 Å². The van der Waals surface area contributed by atoms with E-state index in [1.807, 2.05) is 53.1 Å². The summed E-state index contributed by atoms with van der Waals surface area (Å²) in [5, 5.41) is 4.49. The Hall–Kier alpha value is -2.62. The molecule has 1 aromatic heterocycles. The van der Waals surface area contributed by atoms with Gasteiger partial charge >= 0.3 is 0 Å². The average Bonchev–Trinajstić information content (AvgIpc) is 2.66. The lowest BCUT2D eigenvalue weighted by Crippen LogP contribution is -2.38. The van der Waals surface area contributed by atoms with Gasteiger partial charge in [-0.15, -0.1) is 0 Å². The zero-order valence-corrected chi connectivity index (χ0v) is 14.2. The molecule has 1 saturated carbocycles. The molecule has 4 heteroatoms. The van der Waals surface area contributed by atoms with Gasteiger partial charge in [0.15, 0.2) is 5.43 Å². The third-order valence-electron chi connectivity index (χ3n) is 5.15. The number of amides is 1. The minimum absolute atomic E-state index is 0.0193. The van der Waals surface area contributed by atoms with Crippen molar-refractivity contribution in [3.05, 3.63) is 58.8 Å². The molecule has 0 saturated heterocycles. The van der Waals surface area contributed by atoms with Gasteiger partial charge in [-0.2, -0.15) is 0 Å². The Labute approximate surface area is 146 Å². The van der Waals surface area contributed by atoms with Crippen LogP contribution in [0.4, 0.5) is 0 Å². The lowest BCUT2D eigenvalue weighted by atomic mass is 9.95. The summed E-state index contributed by atoms with van der Waals surface area (Å²) in [4.78, 5) is 25.4. The molecule has 4 nitrogen and oxygen atoms in total. The number of pyridine rings is 1. The van der Waals surface area contributed by atoms with Gasteiger partial charge in [0.1, 0.15) is 6.54 Å². The minimum atomic E-state index is 0.0193. The lowest BCUT2D eigenvalue weighted by Gasteiger charge is -2.23. The first-order valence-corrected chi connectivity index (χ1v) is 9.04. The Kier molecular flexibility index (Phi) is 4.26. The van der Waals surface area contributed by atoms with Crippen molar-refractivity contribution >= 4 is 27.7 Å². The first kappa shape index (κ1) is 15.9. The van der Waals surface area contributed by atoms with Gasteiger partial charge in [-0.1, -0.05) is 43.5 Å². The number of benzene rings is 2. The van der Waals surface area contributed by atoms with E-state index in [-0.39, 0.29) is 23.9 Å². The summed E-state index contributed by atoms with van der Waals surface area (Å²) < 4.78 is 1.96. The fraction of sp³-hybridized carbons (Fsp3) is 0.333. The molecule has 128 valence electrons. The van der Waals surface area contributed by atoms with Gasteiger partial charge in [-0.05, 0) is 37.1 Å². The lowest BCUT2D eigenvalue weighted by molar-refractivity contribution is -0.122. The van der Waals surface area contributed by atoms with E-state index in [1.165, 1.54) is 19.3 Å². The summed E-state index contributed by atoms with van der Waals surface area (Å²) in [6.07, 6.45) is 5.78. The number of rotatable bonds is 3. The van der Waals surface area contributed by atoms with Crippen LogP contribution in [0, 0.1) is 0 Å². The molecule has 4 rings (SSSR count). The zero-order valence-electron chi connectivity index (χ0n) is 14.2. The second kappa shape index (κ2) is 6.71. The quantitative estimate of drug-likeness (QED) is 0.744. The van der Waals surface area contributed by atoms with Crippen molar-refractivity contribution in [2.24, 2.45) is 0 Å². The van der Waals surface area contributed by atoms with E-state index >= 15 is 0 Å². The average molecular weight is 334 g/mol. The predicted molar refractivity (Wildman–Crippen MR) is 101 cm³/mol. The molecule has 0 bridgehead atoms. The van der Waals surface area contributed by atoms with E-state index in [0.717, 1.165) is 23.9 Å². The van der Waals surface area contributed by atoms with Crippen molar-refractivity contribution in [1.29, 1.82) is 0 Å². The number of aromatic nitrogens is 1. The van der Waals surface area contributed by atoms with Gasteiger partial charge in [0, 0.05) is 16.8 Å². The largest absolute Gasteiger partial charge is 0.352 e. The van der Waals surface area contributed by atoms with Gasteiger partial charge in [0.05, 0.1) is 11.0 Å². The molecule has 1 amide bonds. The van der Waals surface area contributed by atoms with E-state index in [0.29, 0.717) is 10.8 Å². The second-order valence-corrected chi connectivity index (χ2v) is 6.85. The van der Waals surface area contributed by atoms with Crippen molar-refractivity contribution in [2.45, 2.75) is 44.7 Å². The number of fused-ring (bicyclic) bond motifs is 2. The summed E-state index contributed by atoms with van der Waals surface area (Å²) in [7, 11) is 0. The molecule has 2 aromatic carbocycles. The van der Waals surface area contributed by atoms with Gasteiger partial charge < -0.3 is 9.88 Å². The van der Waals surface area contributed by atoms with Crippen molar-refractivity contribution in [2.75, 3.05) is 0 Å². The van der Waals surface area contributed by atoms with Crippen LogP contribution in [0.25, 0.3) is 21.8 Å². The van der Waals surface area contributed by atoms with Gasteiger partial charge in [-0.25, -0.2) is 0 Å². The molecule has 1 fully saturated rings. The Balaban J connectivity index is 1.75. The van der Waals surface area contributed by atoms with E-state index in [2.05, 4.69) is 5.32 Å². The second-order valence-electron chi connectivity index (χ2n) is 6.85. The summed E-state index contributed by atoms with van der Waals surface area (Å²) in [6, 6.07) is 15.3. The minimum Gasteiger partial charge on any atom is -0.352 e. The van der Waals surface area contributed by atoms with Crippen molar-refractivity contribution in [3.63, 3.8) is 0 Å².